The van der Waals surface area contributed by atoms with Crippen LogP contribution in [0.1, 0.15) is 23.3 Å². The van der Waals surface area contributed by atoms with Crippen LogP contribution in [-0.4, -0.2) is 41.6 Å². The fraction of sp³-hybridized carbons (Fsp3) is 0.286. The fourth-order valence-electron chi connectivity index (χ4n) is 4.22. The average molecular weight is 381 g/mol. The second-order valence-corrected chi connectivity index (χ2v) is 7.70. The van der Waals surface area contributed by atoms with E-state index in [-0.39, 0.29) is 5.91 Å². The molecule has 2 aromatic carbocycles. The van der Waals surface area contributed by atoms with E-state index < -0.39 is 0 Å². The number of nitrogens with one attached hydrogen (secondary N) is 2. The van der Waals surface area contributed by atoms with E-state index in [4.69, 9.17) is 11.6 Å². The van der Waals surface area contributed by atoms with E-state index in [9.17, 15) is 4.79 Å². The van der Waals surface area contributed by atoms with Crippen LogP contribution in [-0.2, 0) is 0 Å². The number of halogens is 1. The summed E-state index contributed by atoms with van der Waals surface area (Å²) in [5, 5.41) is 5.11. The normalized spacial score (nSPS) is 17.2. The zero-order valence-corrected chi connectivity index (χ0v) is 15.7. The molecule has 1 saturated heterocycles. The SMILES string of the molecule is O=C(c1cc2cc(Cl)ccc2[nH]1)N1CCC(N2CNc3ccccc32)CC1. The number of para-hydroxylation sites is 2. The summed E-state index contributed by atoms with van der Waals surface area (Å²) >= 11 is 6.05. The number of carbonyl (C=O) groups excluding carboxylic acids is 1. The number of likely N-dealkylation sites (tertiary alicyclic amines) is 1. The van der Waals surface area contributed by atoms with Crippen molar-refractivity contribution in [2.75, 3.05) is 30.0 Å². The van der Waals surface area contributed by atoms with Gasteiger partial charge in [-0.05, 0) is 49.2 Å². The van der Waals surface area contributed by atoms with E-state index in [1.165, 1.54) is 11.4 Å². The minimum Gasteiger partial charge on any atom is -0.366 e. The quantitative estimate of drug-likeness (QED) is 0.696. The maximum absolute atomic E-state index is 12.9. The molecule has 138 valence electrons. The van der Waals surface area contributed by atoms with E-state index in [1.807, 2.05) is 29.2 Å². The number of H-pyrrole nitrogens is 1. The first kappa shape index (κ1) is 16.5. The summed E-state index contributed by atoms with van der Waals surface area (Å²) in [6.07, 6.45) is 1.96. The van der Waals surface area contributed by atoms with Crippen LogP contribution < -0.4 is 10.2 Å². The molecule has 1 fully saturated rings. The monoisotopic (exact) mass is 380 g/mol. The van der Waals surface area contributed by atoms with Crippen molar-refractivity contribution in [3.63, 3.8) is 0 Å². The van der Waals surface area contributed by atoms with Gasteiger partial charge in [-0.25, -0.2) is 0 Å². The van der Waals surface area contributed by atoms with Gasteiger partial charge in [0.05, 0.1) is 18.0 Å². The Hall–Kier alpha value is -2.66. The van der Waals surface area contributed by atoms with Crippen molar-refractivity contribution in [3.8, 4) is 0 Å². The van der Waals surface area contributed by atoms with Gasteiger partial charge in [-0.15, -0.1) is 0 Å². The molecule has 0 spiro atoms. The topological polar surface area (TPSA) is 51.4 Å². The molecular formula is C21H21ClN4O. The standard InChI is InChI=1S/C21H21ClN4O/c22-15-5-6-17-14(11-15)12-19(24-17)21(27)25-9-7-16(8-10-25)26-13-23-18-3-1-2-4-20(18)26/h1-6,11-12,16,23-24H,7-10,13H2. The largest absolute Gasteiger partial charge is 0.366 e. The first-order valence-corrected chi connectivity index (χ1v) is 9.74. The van der Waals surface area contributed by atoms with Gasteiger partial charge in [-0.1, -0.05) is 23.7 Å². The van der Waals surface area contributed by atoms with Gasteiger partial charge in [0, 0.05) is 35.1 Å². The van der Waals surface area contributed by atoms with Crippen LogP contribution in [0, 0.1) is 0 Å². The van der Waals surface area contributed by atoms with E-state index in [0.29, 0.717) is 16.8 Å². The number of aromatic nitrogens is 1. The van der Waals surface area contributed by atoms with E-state index >= 15 is 0 Å². The zero-order valence-electron chi connectivity index (χ0n) is 14.9. The highest BCUT2D eigenvalue weighted by Crippen LogP contribution is 2.34. The maximum Gasteiger partial charge on any atom is 0.270 e. The number of aromatic amines is 1. The predicted molar refractivity (Wildman–Crippen MR) is 110 cm³/mol. The van der Waals surface area contributed by atoms with Crippen LogP contribution in [0.3, 0.4) is 0 Å². The van der Waals surface area contributed by atoms with Gasteiger partial charge in [0.15, 0.2) is 0 Å². The molecule has 6 heteroatoms. The summed E-state index contributed by atoms with van der Waals surface area (Å²) in [6.45, 7) is 2.40. The molecule has 0 atom stereocenters. The van der Waals surface area contributed by atoms with Gasteiger partial charge in [0.2, 0.25) is 0 Å². The van der Waals surface area contributed by atoms with Gasteiger partial charge >= 0.3 is 0 Å². The summed E-state index contributed by atoms with van der Waals surface area (Å²) in [7, 11) is 0. The third-order valence-corrected chi connectivity index (χ3v) is 5.89. The molecule has 1 amide bonds. The van der Waals surface area contributed by atoms with Gasteiger partial charge in [-0.3, -0.25) is 4.79 Å². The van der Waals surface area contributed by atoms with Crippen LogP contribution >= 0.6 is 11.6 Å². The number of amides is 1. The Labute approximate surface area is 162 Å². The minimum absolute atomic E-state index is 0.0701. The highest BCUT2D eigenvalue weighted by molar-refractivity contribution is 6.31. The van der Waals surface area contributed by atoms with Crippen LogP contribution in [0.4, 0.5) is 11.4 Å². The molecule has 27 heavy (non-hydrogen) atoms. The molecule has 0 aliphatic carbocycles. The molecular weight excluding hydrogens is 360 g/mol. The molecule has 0 radical (unpaired) electrons. The van der Waals surface area contributed by atoms with E-state index in [0.717, 1.165) is 43.5 Å². The third-order valence-electron chi connectivity index (χ3n) is 5.66. The van der Waals surface area contributed by atoms with Crippen LogP contribution in [0.25, 0.3) is 10.9 Å². The lowest BCUT2D eigenvalue weighted by Crippen LogP contribution is -2.46. The predicted octanol–water partition coefficient (Wildman–Crippen LogP) is 4.32. The van der Waals surface area contributed by atoms with Gasteiger partial charge in [0.25, 0.3) is 5.91 Å². The van der Waals surface area contributed by atoms with Crippen molar-refractivity contribution in [1.82, 2.24) is 9.88 Å². The van der Waals surface area contributed by atoms with E-state index in [1.54, 1.807) is 0 Å². The Balaban J connectivity index is 1.28. The number of hydrogen-bond donors (Lipinski definition) is 2. The Morgan fingerprint density at radius 1 is 1.07 bits per heavy atom. The van der Waals surface area contributed by atoms with Gasteiger partial charge in [-0.2, -0.15) is 0 Å². The van der Waals surface area contributed by atoms with Crippen molar-refractivity contribution < 1.29 is 4.79 Å². The average Bonchev–Trinajstić information content (AvgIpc) is 3.31. The summed E-state index contributed by atoms with van der Waals surface area (Å²) in [5.74, 6) is 0.0701. The third kappa shape index (κ3) is 2.92. The molecule has 0 saturated carbocycles. The summed E-state index contributed by atoms with van der Waals surface area (Å²) in [6, 6.07) is 16.4. The molecule has 3 aromatic rings. The van der Waals surface area contributed by atoms with Crippen LogP contribution in [0.2, 0.25) is 5.02 Å². The van der Waals surface area contributed by atoms with Crippen molar-refractivity contribution in [2.24, 2.45) is 0 Å². The number of nitrogens with zero attached hydrogens (tertiary/aromatic N) is 2. The number of carbonyl (C=O) groups is 1. The molecule has 0 bridgehead atoms. The first-order chi connectivity index (χ1) is 13.2. The minimum atomic E-state index is 0.0701. The molecule has 2 aliphatic heterocycles. The summed E-state index contributed by atoms with van der Waals surface area (Å²) in [5.41, 5.74) is 4.05. The Morgan fingerprint density at radius 3 is 2.74 bits per heavy atom. The van der Waals surface area contributed by atoms with Gasteiger partial charge in [0.1, 0.15) is 5.69 Å². The number of rotatable bonds is 2. The molecule has 2 N–H and O–H groups in total. The van der Waals surface area contributed by atoms with E-state index in [2.05, 4.69) is 39.5 Å². The first-order valence-electron chi connectivity index (χ1n) is 9.36. The number of anilines is 2. The molecule has 5 nitrogen and oxygen atoms in total. The smallest absolute Gasteiger partial charge is 0.270 e. The van der Waals surface area contributed by atoms with Crippen molar-refractivity contribution >= 4 is 39.8 Å². The maximum atomic E-state index is 12.9. The van der Waals surface area contributed by atoms with Crippen LogP contribution in [0.5, 0.6) is 0 Å². The molecule has 0 unspecified atom stereocenters. The second-order valence-electron chi connectivity index (χ2n) is 7.26. The van der Waals surface area contributed by atoms with Gasteiger partial charge < -0.3 is 20.1 Å². The Kier molecular flexibility index (Phi) is 3.97. The molecule has 2 aliphatic rings. The Bertz CT molecular complexity index is 1010. The highest BCUT2D eigenvalue weighted by Gasteiger charge is 2.31. The fourth-order valence-corrected chi connectivity index (χ4v) is 4.41. The zero-order chi connectivity index (χ0) is 18.4. The van der Waals surface area contributed by atoms with Crippen LogP contribution in [0.15, 0.2) is 48.5 Å². The summed E-state index contributed by atoms with van der Waals surface area (Å²) < 4.78 is 0. The highest BCUT2D eigenvalue weighted by atomic mass is 35.5. The lowest BCUT2D eigenvalue weighted by molar-refractivity contribution is 0.0708. The Morgan fingerprint density at radius 2 is 1.89 bits per heavy atom. The number of hydrogen-bond acceptors (Lipinski definition) is 3. The molecule has 1 aromatic heterocycles. The lowest BCUT2D eigenvalue weighted by Gasteiger charge is -2.37. The number of fused-ring (bicyclic) bond motifs is 2. The lowest BCUT2D eigenvalue weighted by atomic mass is 10.0. The number of piperidine rings is 1. The number of benzene rings is 2. The molecule has 5 rings (SSSR count). The summed E-state index contributed by atoms with van der Waals surface area (Å²) in [4.78, 5) is 20.5. The van der Waals surface area contributed by atoms with Crippen molar-refractivity contribution in [2.45, 2.75) is 18.9 Å². The molecule has 3 heterocycles. The second kappa shape index (κ2) is 6.50. The van der Waals surface area contributed by atoms with Crippen molar-refractivity contribution in [1.29, 1.82) is 0 Å². The van der Waals surface area contributed by atoms with Crippen molar-refractivity contribution in [3.05, 3.63) is 59.2 Å².